The second-order valence-corrected chi connectivity index (χ2v) is 17.2. The van der Waals surface area contributed by atoms with Gasteiger partial charge in [0.2, 0.25) is 0 Å². The Balaban J connectivity index is 1.78. The second kappa shape index (κ2) is 11.7. The van der Waals surface area contributed by atoms with Crippen molar-refractivity contribution in [3.05, 3.63) is 0 Å². The molecule has 0 radical (unpaired) electrons. The SMILES string of the molecule is CN1C(C)(C)CC(OC(=O)C(CC(=O)OC2CC(C)(C)NC(C)(C)C2)C(=O)OC2CC(C)(C)NC(C)(C)C2)CC1(C)C. The lowest BCUT2D eigenvalue weighted by Crippen LogP contribution is -2.60. The summed E-state index contributed by atoms with van der Waals surface area (Å²) in [4.78, 5) is 43.0. The van der Waals surface area contributed by atoms with Crippen LogP contribution in [0, 0.1) is 5.92 Å². The van der Waals surface area contributed by atoms with Gasteiger partial charge in [-0.25, -0.2) is 0 Å². The van der Waals surface area contributed by atoms with Crippen LogP contribution in [0.1, 0.15) is 128 Å². The third kappa shape index (κ3) is 9.15. The topological polar surface area (TPSA) is 106 Å². The van der Waals surface area contributed by atoms with Crippen LogP contribution >= 0.6 is 0 Å². The fourth-order valence-electron chi connectivity index (χ4n) is 8.14. The molecule has 9 nitrogen and oxygen atoms in total. The maximum absolute atomic E-state index is 13.7. The standard InChI is InChI=1S/C33H59N3O6/c1-28(2)15-21(16-29(3,4)34-28)40-25(37)14-24(26(38)41-22-17-30(5,6)35-31(7,8)18-22)27(39)42-23-19-32(9,10)36(13)33(11,12)20-23/h21-24,34-35H,14-20H2,1-13H3. The number of hydrogen-bond acceptors (Lipinski definition) is 9. The molecular weight excluding hydrogens is 534 g/mol. The molecule has 42 heavy (non-hydrogen) atoms. The average Bonchev–Trinajstić information content (AvgIpc) is 2.70. The van der Waals surface area contributed by atoms with Crippen molar-refractivity contribution in [3.63, 3.8) is 0 Å². The van der Waals surface area contributed by atoms with Gasteiger partial charge in [0.05, 0.1) is 6.42 Å². The van der Waals surface area contributed by atoms with Gasteiger partial charge in [-0.3, -0.25) is 19.3 Å². The van der Waals surface area contributed by atoms with Gasteiger partial charge in [0.15, 0.2) is 5.92 Å². The van der Waals surface area contributed by atoms with E-state index in [4.69, 9.17) is 14.2 Å². The molecule has 0 amide bonds. The van der Waals surface area contributed by atoms with Gasteiger partial charge in [-0.2, -0.15) is 0 Å². The molecule has 0 spiro atoms. The highest BCUT2D eigenvalue weighted by Gasteiger charge is 2.47. The summed E-state index contributed by atoms with van der Waals surface area (Å²) in [6.45, 7) is 25.1. The fraction of sp³-hybridized carbons (Fsp3) is 0.909. The number of carbonyl (C=O) groups is 3. The Kier molecular flexibility index (Phi) is 9.65. The molecule has 3 heterocycles. The predicted molar refractivity (Wildman–Crippen MR) is 164 cm³/mol. The van der Waals surface area contributed by atoms with Crippen molar-refractivity contribution in [2.75, 3.05) is 7.05 Å². The van der Waals surface area contributed by atoms with Gasteiger partial charge in [0, 0.05) is 71.8 Å². The zero-order chi connectivity index (χ0) is 32.1. The quantitative estimate of drug-likeness (QED) is 0.242. The van der Waals surface area contributed by atoms with Crippen LogP contribution in [0.2, 0.25) is 0 Å². The van der Waals surface area contributed by atoms with E-state index in [1.54, 1.807) is 0 Å². The minimum absolute atomic E-state index is 0.206. The zero-order valence-electron chi connectivity index (χ0n) is 28.7. The van der Waals surface area contributed by atoms with E-state index in [1.165, 1.54) is 0 Å². The van der Waals surface area contributed by atoms with Crippen molar-refractivity contribution in [2.45, 2.75) is 180 Å². The number of hydrogen-bond donors (Lipinski definition) is 2. The molecule has 1 unspecified atom stereocenters. The van der Waals surface area contributed by atoms with Crippen molar-refractivity contribution >= 4 is 17.9 Å². The number of nitrogens with zero attached hydrogens (tertiary/aromatic N) is 1. The van der Waals surface area contributed by atoms with Gasteiger partial charge < -0.3 is 24.8 Å². The lowest BCUT2D eigenvalue weighted by atomic mass is 9.78. The van der Waals surface area contributed by atoms with Crippen LogP contribution in [0.4, 0.5) is 0 Å². The number of ether oxygens (including phenoxy) is 3. The summed E-state index contributed by atoms with van der Waals surface area (Å²) in [5.41, 5.74) is -1.34. The first-order valence-corrected chi connectivity index (χ1v) is 15.7. The molecular formula is C33H59N3O6. The van der Waals surface area contributed by atoms with Gasteiger partial charge in [-0.05, 0) is 90.1 Å². The molecule has 2 N–H and O–H groups in total. The molecule has 0 aliphatic carbocycles. The number of piperidine rings is 3. The largest absolute Gasteiger partial charge is 0.462 e. The Morgan fingerprint density at radius 3 is 1.26 bits per heavy atom. The lowest BCUT2D eigenvalue weighted by Gasteiger charge is -2.53. The molecule has 3 fully saturated rings. The normalized spacial score (nSPS) is 27.9. The number of likely N-dealkylation sites (tertiary alicyclic amines) is 1. The van der Waals surface area contributed by atoms with E-state index in [0.717, 1.165) is 0 Å². The van der Waals surface area contributed by atoms with E-state index in [0.29, 0.717) is 38.5 Å². The molecule has 0 aromatic carbocycles. The molecule has 0 saturated carbocycles. The smallest absolute Gasteiger partial charge is 0.321 e. The Bertz CT molecular complexity index is 981. The van der Waals surface area contributed by atoms with Crippen LogP contribution in [0.5, 0.6) is 0 Å². The number of rotatable bonds is 7. The van der Waals surface area contributed by atoms with Crippen LogP contribution in [0.25, 0.3) is 0 Å². The van der Waals surface area contributed by atoms with E-state index < -0.39 is 30.2 Å². The molecule has 0 bridgehead atoms. The number of nitrogens with one attached hydrogen (secondary N) is 2. The highest BCUT2D eigenvalue weighted by molar-refractivity contribution is 5.98. The van der Waals surface area contributed by atoms with Crippen LogP contribution in [-0.4, -0.2) is 81.4 Å². The molecule has 9 heteroatoms. The zero-order valence-corrected chi connectivity index (χ0v) is 28.7. The summed E-state index contributed by atoms with van der Waals surface area (Å²) < 4.78 is 17.9. The van der Waals surface area contributed by atoms with Gasteiger partial charge in [-0.1, -0.05) is 0 Å². The fourth-order valence-corrected chi connectivity index (χ4v) is 8.14. The first-order valence-electron chi connectivity index (χ1n) is 15.7. The van der Waals surface area contributed by atoms with Crippen LogP contribution in [0.15, 0.2) is 0 Å². The van der Waals surface area contributed by atoms with Crippen LogP contribution in [-0.2, 0) is 28.6 Å². The summed E-state index contributed by atoms with van der Waals surface area (Å²) in [6, 6.07) is 0. The summed E-state index contributed by atoms with van der Waals surface area (Å²) in [5, 5.41) is 7.17. The van der Waals surface area contributed by atoms with E-state index >= 15 is 0 Å². The first-order chi connectivity index (χ1) is 18.8. The molecule has 3 aliphatic rings. The Labute approximate surface area is 254 Å². The Hall–Kier alpha value is -1.71. The maximum Gasteiger partial charge on any atom is 0.321 e. The van der Waals surface area contributed by atoms with Crippen molar-refractivity contribution in [1.29, 1.82) is 0 Å². The summed E-state index contributed by atoms with van der Waals surface area (Å²) in [5.74, 6) is -3.39. The highest BCUT2D eigenvalue weighted by Crippen LogP contribution is 2.39. The van der Waals surface area contributed by atoms with Crippen molar-refractivity contribution in [1.82, 2.24) is 15.5 Å². The van der Waals surface area contributed by atoms with Crippen LogP contribution < -0.4 is 10.6 Å². The molecule has 242 valence electrons. The lowest BCUT2D eigenvalue weighted by molar-refractivity contribution is -0.179. The third-order valence-corrected chi connectivity index (χ3v) is 9.38. The van der Waals surface area contributed by atoms with Gasteiger partial charge >= 0.3 is 17.9 Å². The molecule has 3 saturated heterocycles. The van der Waals surface area contributed by atoms with E-state index in [2.05, 4.69) is 106 Å². The Morgan fingerprint density at radius 1 is 0.595 bits per heavy atom. The van der Waals surface area contributed by atoms with Gasteiger partial charge in [0.25, 0.3) is 0 Å². The predicted octanol–water partition coefficient (Wildman–Crippen LogP) is 4.89. The minimum atomic E-state index is -1.38. The molecule has 0 aromatic rings. The summed E-state index contributed by atoms with van der Waals surface area (Å²) in [7, 11) is 2.08. The molecule has 0 aromatic heterocycles. The summed E-state index contributed by atoms with van der Waals surface area (Å²) in [6.07, 6.45) is 2.24. The minimum Gasteiger partial charge on any atom is -0.462 e. The molecule has 3 rings (SSSR count). The molecule has 3 aliphatic heterocycles. The second-order valence-electron chi connectivity index (χ2n) is 17.2. The van der Waals surface area contributed by atoms with Gasteiger partial charge in [-0.15, -0.1) is 0 Å². The maximum atomic E-state index is 13.7. The van der Waals surface area contributed by atoms with E-state index in [9.17, 15) is 14.4 Å². The third-order valence-electron chi connectivity index (χ3n) is 9.38. The highest BCUT2D eigenvalue weighted by atomic mass is 16.6. The van der Waals surface area contributed by atoms with Gasteiger partial charge in [0.1, 0.15) is 18.3 Å². The first kappa shape index (κ1) is 34.8. The monoisotopic (exact) mass is 593 g/mol. The number of esters is 3. The molecule has 1 atom stereocenters. The van der Waals surface area contributed by atoms with Crippen LogP contribution in [0.3, 0.4) is 0 Å². The van der Waals surface area contributed by atoms with Crippen molar-refractivity contribution in [3.8, 4) is 0 Å². The summed E-state index contributed by atoms with van der Waals surface area (Å²) >= 11 is 0. The van der Waals surface area contributed by atoms with E-state index in [1.807, 2.05) is 0 Å². The van der Waals surface area contributed by atoms with Crippen molar-refractivity contribution in [2.24, 2.45) is 5.92 Å². The average molecular weight is 594 g/mol. The van der Waals surface area contributed by atoms with Crippen molar-refractivity contribution < 1.29 is 28.6 Å². The van der Waals surface area contributed by atoms with E-state index in [-0.39, 0.29) is 51.5 Å². The Morgan fingerprint density at radius 2 is 0.905 bits per heavy atom. The number of carbonyl (C=O) groups excluding carboxylic acids is 3.